The SMILES string of the molecule is COc1ccc(Sc2[se]nnc2-c2ccc(OC)cc2)cc1. The van der Waals surface area contributed by atoms with Gasteiger partial charge in [-0.25, -0.2) is 0 Å². The van der Waals surface area contributed by atoms with Gasteiger partial charge in [0.25, 0.3) is 0 Å². The predicted octanol–water partition coefficient (Wildman–Crippen LogP) is 3.37. The van der Waals surface area contributed by atoms with Crippen molar-refractivity contribution in [3.8, 4) is 22.8 Å². The Balaban J connectivity index is 1.84. The Bertz CT molecular complexity index is 742. The van der Waals surface area contributed by atoms with Gasteiger partial charge in [0.15, 0.2) is 0 Å². The molecule has 0 saturated carbocycles. The summed E-state index contributed by atoms with van der Waals surface area (Å²) in [6.07, 6.45) is 0. The number of nitrogens with zero attached hydrogens (tertiary/aromatic N) is 2. The number of ether oxygens (including phenoxy) is 2. The zero-order chi connectivity index (χ0) is 15.4. The van der Waals surface area contributed by atoms with Gasteiger partial charge in [0.2, 0.25) is 0 Å². The fraction of sp³-hybridized carbons (Fsp3) is 0.125. The van der Waals surface area contributed by atoms with E-state index >= 15 is 0 Å². The molecule has 0 radical (unpaired) electrons. The molecule has 0 fully saturated rings. The van der Waals surface area contributed by atoms with Crippen molar-refractivity contribution in [1.29, 1.82) is 0 Å². The Morgan fingerprint density at radius 2 is 1.45 bits per heavy atom. The van der Waals surface area contributed by atoms with Gasteiger partial charge in [-0.05, 0) is 0 Å². The first-order chi connectivity index (χ1) is 10.8. The summed E-state index contributed by atoms with van der Waals surface area (Å²) < 4.78 is 15.8. The van der Waals surface area contributed by atoms with Crippen molar-refractivity contribution in [3.05, 3.63) is 48.5 Å². The van der Waals surface area contributed by atoms with E-state index in [1.165, 1.54) is 3.77 Å². The van der Waals surface area contributed by atoms with Gasteiger partial charge in [0, 0.05) is 0 Å². The van der Waals surface area contributed by atoms with Crippen LogP contribution in [0.1, 0.15) is 0 Å². The van der Waals surface area contributed by atoms with Crippen molar-refractivity contribution in [2.45, 2.75) is 8.66 Å². The van der Waals surface area contributed by atoms with E-state index in [-0.39, 0.29) is 14.7 Å². The van der Waals surface area contributed by atoms with Gasteiger partial charge in [-0.3, -0.25) is 0 Å². The molecule has 1 aromatic heterocycles. The maximum atomic E-state index is 5.19. The van der Waals surface area contributed by atoms with Crippen molar-refractivity contribution >= 4 is 26.5 Å². The van der Waals surface area contributed by atoms with Crippen LogP contribution in [0.5, 0.6) is 11.5 Å². The van der Waals surface area contributed by atoms with Crippen LogP contribution in [-0.2, 0) is 0 Å². The molecule has 0 spiro atoms. The van der Waals surface area contributed by atoms with E-state index in [1.54, 1.807) is 26.0 Å². The number of aromatic nitrogens is 2. The second kappa shape index (κ2) is 7.01. The molecule has 0 N–H and O–H groups in total. The molecular weight excluding hydrogens is 363 g/mol. The Morgan fingerprint density at radius 1 is 0.864 bits per heavy atom. The first-order valence-electron chi connectivity index (χ1n) is 6.59. The molecule has 0 atom stereocenters. The van der Waals surface area contributed by atoms with E-state index < -0.39 is 0 Å². The average molecular weight is 377 g/mol. The van der Waals surface area contributed by atoms with E-state index in [4.69, 9.17) is 9.47 Å². The van der Waals surface area contributed by atoms with Gasteiger partial charge in [0.05, 0.1) is 0 Å². The number of benzene rings is 2. The quantitative estimate of drug-likeness (QED) is 0.638. The molecule has 0 aliphatic carbocycles. The van der Waals surface area contributed by atoms with Crippen LogP contribution in [0.4, 0.5) is 0 Å². The second-order valence-electron chi connectivity index (χ2n) is 4.42. The Labute approximate surface area is 139 Å². The Kier molecular flexibility index (Phi) is 4.83. The number of methoxy groups -OCH3 is 2. The van der Waals surface area contributed by atoms with E-state index in [1.807, 2.05) is 36.4 Å². The molecule has 3 rings (SSSR count). The molecule has 1 heterocycles. The molecular formula is C16H14N2O2SSe. The van der Waals surface area contributed by atoms with Gasteiger partial charge in [0.1, 0.15) is 0 Å². The number of hydrogen-bond acceptors (Lipinski definition) is 5. The van der Waals surface area contributed by atoms with Gasteiger partial charge < -0.3 is 0 Å². The molecule has 0 bridgehead atoms. The van der Waals surface area contributed by atoms with Crippen LogP contribution in [0, 0.1) is 0 Å². The molecule has 0 amide bonds. The van der Waals surface area contributed by atoms with Crippen molar-refractivity contribution < 1.29 is 9.47 Å². The zero-order valence-electron chi connectivity index (χ0n) is 12.1. The summed E-state index contributed by atoms with van der Waals surface area (Å²) in [5.74, 6) is 1.70. The average Bonchev–Trinajstić information content (AvgIpc) is 3.04. The summed E-state index contributed by atoms with van der Waals surface area (Å²) in [5, 5.41) is 4.32. The third-order valence-electron chi connectivity index (χ3n) is 3.09. The summed E-state index contributed by atoms with van der Waals surface area (Å²) in [6, 6.07) is 16.0. The van der Waals surface area contributed by atoms with Crippen LogP contribution in [0.25, 0.3) is 11.3 Å². The van der Waals surface area contributed by atoms with Crippen LogP contribution in [0.3, 0.4) is 0 Å². The monoisotopic (exact) mass is 378 g/mol. The summed E-state index contributed by atoms with van der Waals surface area (Å²) in [7, 11) is 3.34. The minimum absolute atomic E-state index is 0.0415. The summed E-state index contributed by atoms with van der Waals surface area (Å²) >= 11 is 1.76. The van der Waals surface area contributed by atoms with Crippen LogP contribution in [-0.4, -0.2) is 38.1 Å². The molecule has 112 valence electrons. The van der Waals surface area contributed by atoms with Crippen molar-refractivity contribution in [3.63, 3.8) is 0 Å². The normalized spacial score (nSPS) is 10.5. The molecule has 4 nitrogen and oxygen atoms in total. The number of hydrogen-bond donors (Lipinski definition) is 0. The zero-order valence-corrected chi connectivity index (χ0v) is 14.7. The summed E-state index contributed by atoms with van der Waals surface area (Å²) in [5.41, 5.74) is 2.03. The minimum atomic E-state index is 0.0415. The van der Waals surface area contributed by atoms with Gasteiger partial charge >= 0.3 is 139 Å². The molecule has 0 aliphatic rings. The fourth-order valence-corrected chi connectivity index (χ4v) is 4.64. The van der Waals surface area contributed by atoms with Gasteiger partial charge in [-0.2, -0.15) is 0 Å². The van der Waals surface area contributed by atoms with Crippen LogP contribution < -0.4 is 9.47 Å². The maximum absolute atomic E-state index is 5.19. The third kappa shape index (κ3) is 3.35. The van der Waals surface area contributed by atoms with E-state index in [9.17, 15) is 0 Å². The van der Waals surface area contributed by atoms with E-state index in [2.05, 4.69) is 21.3 Å². The third-order valence-corrected chi connectivity index (χ3v) is 5.99. The summed E-state index contributed by atoms with van der Waals surface area (Å²) in [6.45, 7) is 0. The van der Waals surface area contributed by atoms with Gasteiger partial charge in [-0.1, -0.05) is 0 Å². The van der Waals surface area contributed by atoms with Crippen molar-refractivity contribution in [2.75, 3.05) is 14.2 Å². The predicted molar refractivity (Wildman–Crippen MR) is 88.1 cm³/mol. The van der Waals surface area contributed by atoms with Crippen molar-refractivity contribution in [1.82, 2.24) is 9.19 Å². The molecule has 0 saturated heterocycles. The Morgan fingerprint density at radius 3 is 2.05 bits per heavy atom. The summed E-state index contributed by atoms with van der Waals surface area (Å²) in [4.78, 5) is 1.16. The molecule has 6 heteroatoms. The molecule has 0 aliphatic heterocycles. The second-order valence-corrected chi connectivity index (χ2v) is 7.66. The van der Waals surface area contributed by atoms with Crippen molar-refractivity contribution in [2.24, 2.45) is 0 Å². The van der Waals surface area contributed by atoms with Gasteiger partial charge in [-0.15, -0.1) is 0 Å². The topological polar surface area (TPSA) is 44.2 Å². The number of rotatable bonds is 5. The van der Waals surface area contributed by atoms with E-state index in [0.717, 1.165) is 27.7 Å². The standard InChI is InChI=1S/C16H14N2O2SSe/c1-19-12-5-3-11(4-6-12)15-16(22-18-17-15)21-14-9-7-13(20-2)8-10-14/h3-10H,1-2H3. The van der Waals surface area contributed by atoms with Crippen LogP contribution in [0.15, 0.2) is 57.2 Å². The first kappa shape index (κ1) is 15.2. The molecule has 3 aromatic rings. The first-order valence-corrected chi connectivity index (χ1v) is 9.03. The van der Waals surface area contributed by atoms with Crippen LogP contribution >= 0.6 is 11.8 Å². The fourth-order valence-electron chi connectivity index (χ4n) is 1.92. The molecule has 22 heavy (non-hydrogen) atoms. The van der Waals surface area contributed by atoms with Crippen LogP contribution in [0.2, 0.25) is 0 Å². The molecule has 0 unspecified atom stereocenters. The molecule has 2 aromatic carbocycles. The Hall–Kier alpha value is -1.75. The van der Waals surface area contributed by atoms with E-state index in [0.29, 0.717) is 0 Å².